The lowest BCUT2D eigenvalue weighted by Gasteiger charge is -2.51. The molecule has 3 aromatic carbocycles. The van der Waals surface area contributed by atoms with Gasteiger partial charge in [0.25, 0.3) is 11.8 Å². The van der Waals surface area contributed by atoms with Crippen molar-refractivity contribution in [2.45, 2.75) is 31.2 Å². The van der Waals surface area contributed by atoms with Crippen molar-refractivity contribution in [2.75, 3.05) is 24.8 Å². The lowest BCUT2D eigenvalue weighted by atomic mass is 9.80. The Bertz CT molecular complexity index is 2160. The standard InChI is InChI=1S/C36H26F3N3O4S/c37-25-11-10-24-29-28-21(16-36(38,39)30(25)29)19-47-34(28)23-9-5-4-8-22(23)31(24)42-27-18-45-15-14-40(27)35(44)32-33(26(43)12-13-41(32)42)46-17-20-6-2-1-3-7-20/h1-13,19,27,31H,14-18H2/t27-,31-/m1/s1. The fourth-order valence-corrected chi connectivity index (χ4v) is 8.68. The van der Waals surface area contributed by atoms with E-state index < -0.39 is 47.3 Å². The number of hydrogen-bond acceptors (Lipinski definition) is 6. The number of morpholine rings is 1. The van der Waals surface area contributed by atoms with E-state index in [-0.39, 0.29) is 43.4 Å². The maximum absolute atomic E-state index is 15.9. The molecule has 1 fully saturated rings. The Morgan fingerprint density at radius 2 is 1.77 bits per heavy atom. The van der Waals surface area contributed by atoms with Crippen LogP contribution in [0.1, 0.15) is 44.3 Å². The molecule has 0 bridgehead atoms. The van der Waals surface area contributed by atoms with Crippen LogP contribution in [-0.4, -0.2) is 41.4 Å². The zero-order valence-corrected chi connectivity index (χ0v) is 25.6. The van der Waals surface area contributed by atoms with Gasteiger partial charge in [0, 0.05) is 41.2 Å². The number of pyridine rings is 1. The van der Waals surface area contributed by atoms with Gasteiger partial charge in [-0.05, 0) is 39.3 Å². The fourth-order valence-electron chi connectivity index (χ4n) is 7.56. The van der Waals surface area contributed by atoms with Gasteiger partial charge in [-0.3, -0.25) is 19.3 Å². The first-order valence-corrected chi connectivity index (χ1v) is 16.2. The number of benzene rings is 3. The molecular formula is C36H26F3N3O4S. The van der Waals surface area contributed by atoms with Gasteiger partial charge in [0.2, 0.25) is 5.43 Å². The molecule has 7 nitrogen and oxygen atoms in total. The lowest BCUT2D eigenvalue weighted by molar-refractivity contribution is -0.0198. The van der Waals surface area contributed by atoms with E-state index in [9.17, 15) is 9.59 Å². The molecule has 2 atom stereocenters. The second kappa shape index (κ2) is 10.3. The third-order valence-corrected chi connectivity index (χ3v) is 10.6. The number of ether oxygens (including phenoxy) is 2. The highest BCUT2D eigenvalue weighted by Gasteiger charge is 2.50. The van der Waals surface area contributed by atoms with Gasteiger partial charge < -0.3 is 14.4 Å². The van der Waals surface area contributed by atoms with Gasteiger partial charge in [0.1, 0.15) is 18.6 Å². The zero-order chi connectivity index (χ0) is 32.0. The second-order valence-corrected chi connectivity index (χ2v) is 13.0. The predicted molar refractivity (Wildman–Crippen MR) is 170 cm³/mol. The summed E-state index contributed by atoms with van der Waals surface area (Å²) in [6, 6.07) is 20.2. The summed E-state index contributed by atoms with van der Waals surface area (Å²) < 4.78 is 61.0. The molecule has 1 amide bonds. The number of hydrogen-bond donors (Lipinski definition) is 0. The zero-order valence-electron chi connectivity index (χ0n) is 24.8. The van der Waals surface area contributed by atoms with Gasteiger partial charge in [-0.15, -0.1) is 11.3 Å². The molecule has 0 N–H and O–H groups in total. The predicted octanol–water partition coefficient (Wildman–Crippen LogP) is 6.46. The molecule has 5 aromatic rings. The number of amides is 1. The summed E-state index contributed by atoms with van der Waals surface area (Å²) in [4.78, 5) is 30.1. The minimum Gasteiger partial charge on any atom is -0.482 e. The molecule has 4 heterocycles. The number of alkyl halides is 2. The third-order valence-electron chi connectivity index (χ3n) is 9.52. The Labute approximate surface area is 271 Å². The smallest absolute Gasteiger partial charge is 0.280 e. The minimum absolute atomic E-state index is 0.0325. The molecule has 2 aliphatic carbocycles. The summed E-state index contributed by atoms with van der Waals surface area (Å²) in [6.07, 6.45) is 0.260. The van der Waals surface area contributed by atoms with Crippen LogP contribution in [0.15, 0.2) is 89.2 Å². The number of aromatic nitrogens is 1. The van der Waals surface area contributed by atoms with Crippen molar-refractivity contribution in [3.63, 3.8) is 0 Å². The first-order valence-electron chi connectivity index (χ1n) is 15.3. The molecule has 9 rings (SSSR count). The van der Waals surface area contributed by atoms with E-state index in [1.54, 1.807) is 21.0 Å². The molecule has 1 saturated heterocycles. The van der Waals surface area contributed by atoms with Crippen molar-refractivity contribution in [2.24, 2.45) is 0 Å². The Morgan fingerprint density at radius 1 is 0.957 bits per heavy atom. The van der Waals surface area contributed by atoms with E-state index in [4.69, 9.17) is 9.47 Å². The van der Waals surface area contributed by atoms with Gasteiger partial charge in [-0.1, -0.05) is 60.7 Å². The average Bonchev–Trinajstić information content (AvgIpc) is 3.44. The fraction of sp³-hybridized carbons (Fsp3) is 0.222. The van der Waals surface area contributed by atoms with Crippen LogP contribution < -0.4 is 15.2 Å². The number of rotatable bonds is 4. The Balaban J connectivity index is 1.32. The number of thiophene rings is 1. The number of carbonyl (C=O) groups excluding carboxylic acids is 1. The van der Waals surface area contributed by atoms with E-state index in [1.807, 2.05) is 59.6 Å². The Morgan fingerprint density at radius 3 is 2.62 bits per heavy atom. The summed E-state index contributed by atoms with van der Waals surface area (Å²) in [5, 5.41) is 3.65. The number of halogens is 3. The lowest BCUT2D eigenvalue weighted by Crippen LogP contribution is -2.66. The van der Waals surface area contributed by atoms with Crippen LogP contribution in [0.3, 0.4) is 0 Å². The molecule has 11 heteroatoms. The molecule has 0 spiro atoms. The van der Waals surface area contributed by atoms with Crippen LogP contribution in [0.5, 0.6) is 5.75 Å². The van der Waals surface area contributed by atoms with Crippen LogP contribution >= 0.6 is 11.3 Å². The quantitative estimate of drug-likeness (QED) is 0.223. The summed E-state index contributed by atoms with van der Waals surface area (Å²) in [5.74, 6) is -4.89. The van der Waals surface area contributed by atoms with Crippen molar-refractivity contribution in [1.82, 2.24) is 9.58 Å². The highest BCUT2D eigenvalue weighted by molar-refractivity contribution is 7.14. The molecule has 236 valence electrons. The molecule has 2 aromatic heterocycles. The van der Waals surface area contributed by atoms with Crippen molar-refractivity contribution >= 4 is 17.2 Å². The van der Waals surface area contributed by atoms with Crippen molar-refractivity contribution < 1.29 is 27.4 Å². The number of fused-ring (bicyclic) bond motifs is 4. The number of nitrogens with zero attached hydrogens (tertiary/aromatic N) is 3. The summed E-state index contributed by atoms with van der Waals surface area (Å²) >= 11 is 1.37. The second-order valence-electron chi connectivity index (χ2n) is 12.1. The molecular weight excluding hydrogens is 627 g/mol. The number of carbonyl (C=O) groups is 1. The van der Waals surface area contributed by atoms with E-state index >= 15 is 13.2 Å². The Hall–Kier alpha value is -4.87. The van der Waals surface area contributed by atoms with Crippen LogP contribution in [0, 0.1) is 5.82 Å². The third kappa shape index (κ3) is 4.09. The molecule has 4 aliphatic rings. The molecule has 2 aliphatic heterocycles. The minimum atomic E-state index is -3.43. The Kier molecular flexibility index (Phi) is 6.22. The molecule has 0 saturated carbocycles. The summed E-state index contributed by atoms with van der Waals surface area (Å²) in [7, 11) is 0. The maximum Gasteiger partial charge on any atom is 0.280 e. The van der Waals surface area contributed by atoms with Gasteiger partial charge in [-0.2, -0.15) is 0 Å². The topological polar surface area (TPSA) is 64.0 Å². The molecule has 0 radical (unpaired) electrons. The van der Waals surface area contributed by atoms with Gasteiger partial charge >= 0.3 is 0 Å². The van der Waals surface area contributed by atoms with E-state index in [1.165, 1.54) is 23.6 Å². The van der Waals surface area contributed by atoms with Crippen molar-refractivity contribution in [1.29, 1.82) is 0 Å². The first kappa shape index (κ1) is 28.4. The summed E-state index contributed by atoms with van der Waals surface area (Å²) in [5.41, 5.74) is 3.15. The van der Waals surface area contributed by atoms with Gasteiger partial charge in [-0.25, -0.2) is 13.2 Å². The SMILES string of the molecule is O=C1c2c(OCc3ccccc3)c(=O)ccn2N([C@@H]2c3ccccc3-c3scc4c3-c3c2ccc(F)c3C(F)(F)C4)[C@@H]2COCCN12. The van der Waals surface area contributed by atoms with E-state index in [0.717, 1.165) is 27.6 Å². The highest BCUT2D eigenvalue weighted by atomic mass is 32.1. The normalized spacial score (nSPS) is 20.1. The van der Waals surface area contributed by atoms with E-state index in [0.29, 0.717) is 16.7 Å². The van der Waals surface area contributed by atoms with Crippen LogP contribution in [-0.2, 0) is 23.7 Å². The summed E-state index contributed by atoms with van der Waals surface area (Å²) in [6.45, 7) is 0.714. The van der Waals surface area contributed by atoms with Crippen molar-refractivity contribution in [3.8, 4) is 27.3 Å². The maximum atomic E-state index is 15.9. The van der Waals surface area contributed by atoms with Crippen LogP contribution in [0.25, 0.3) is 21.6 Å². The average molecular weight is 654 g/mol. The first-order chi connectivity index (χ1) is 22.8. The highest BCUT2D eigenvalue weighted by Crippen LogP contribution is 2.58. The van der Waals surface area contributed by atoms with Crippen molar-refractivity contribution in [3.05, 3.63) is 134 Å². The molecule has 0 unspecified atom stereocenters. The van der Waals surface area contributed by atoms with E-state index in [2.05, 4.69) is 0 Å². The largest absolute Gasteiger partial charge is 0.482 e. The van der Waals surface area contributed by atoms with Crippen LogP contribution in [0.4, 0.5) is 13.2 Å². The monoisotopic (exact) mass is 653 g/mol. The molecule has 47 heavy (non-hydrogen) atoms. The van der Waals surface area contributed by atoms with Gasteiger partial charge in [0.15, 0.2) is 11.4 Å². The van der Waals surface area contributed by atoms with Gasteiger partial charge in [0.05, 0.1) is 24.8 Å². The van der Waals surface area contributed by atoms with Crippen LogP contribution in [0.2, 0.25) is 0 Å².